The summed E-state index contributed by atoms with van der Waals surface area (Å²) in [4.78, 5) is 17.3. The molecule has 1 saturated heterocycles. The first-order valence-electron chi connectivity index (χ1n) is 6.64. The second kappa shape index (κ2) is 6.05. The van der Waals surface area contributed by atoms with Crippen LogP contribution in [0.25, 0.3) is 0 Å². The predicted octanol–water partition coefficient (Wildman–Crippen LogP) is 1.94. The lowest BCUT2D eigenvalue weighted by molar-refractivity contribution is 0.638. The van der Waals surface area contributed by atoms with Crippen LogP contribution in [0.5, 0.6) is 0 Å². The van der Waals surface area contributed by atoms with Crippen LogP contribution in [-0.2, 0) is 5.88 Å². The van der Waals surface area contributed by atoms with E-state index in [1.54, 1.807) is 12.4 Å². The molecule has 20 heavy (non-hydrogen) atoms. The molecule has 0 spiro atoms. The second-order valence-corrected chi connectivity index (χ2v) is 4.93. The summed E-state index contributed by atoms with van der Waals surface area (Å²) >= 11 is 5.98. The van der Waals surface area contributed by atoms with E-state index >= 15 is 0 Å². The van der Waals surface area contributed by atoms with Gasteiger partial charge in [0, 0.05) is 62.2 Å². The number of halogens is 1. The van der Waals surface area contributed by atoms with Gasteiger partial charge in [-0.2, -0.15) is 0 Å². The van der Waals surface area contributed by atoms with Crippen LogP contribution < -0.4 is 9.80 Å². The average Bonchev–Trinajstić information content (AvgIpc) is 2.56. The summed E-state index contributed by atoms with van der Waals surface area (Å²) in [5.41, 5.74) is 2.27. The normalized spacial score (nSPS) is 15.4. The zero-order chi connectivity index (χ0) is 13.8. The first kappa shape index (κ1) is 13.1. The molecule has 0 bridgehead atoms. The number of nitrogens with zero attached hydrogens (tertiary/aromatic N) is 5. The van der Waals surface area contributed by atoms with Crippen molar-refractivity contribution in [2.75, 3.05) is 36.0 Å². The summed E-state index contributed by atoms with van der Waals surface area (Å²) < 4.78 is 0. The van der Waals surface area contributed by atoms with E-state index in [4.69, 9.17) is 11.6 Å². The van der Waals surface area contributed by atoms with Gasteiger partial charge in [0.05, 0.1) is 5.88 Å². The predicted molar refractivity (Wildman–Crippen MR) is 80.3 cm³/mol. The van der Waals surface area contributed by atoms with Crippen LogP contribution >= 0.6 is 11.6 Å². The van der Waals surface area contributed by atoms with Gasteiger partial charge in [0.15, 0.2) is 0 Å². The highest BCUT2D eigenvalue weighted by Crippen LogP contribution is 2.23. The Kier molecular flexibility index (Phi) is 3.97. The maximum absolute atomic E-state index is 5.98. The van der Waals surface area contributed by atoms with Crippen molar-refractivity contribution >= 4 is 23.2 Å². The topological polar surface area (TPSA) is 45.2 Å². The molecule has 2 aromatic heterocycles. The zero-order valence-electron chi connectivity index (χ0n) is 11.1. The second-order valence-electron chi connectivity index (χ2n) is 4.66. The van der Waals surface area contributed by atoms with E-state index in [0.29, 0.717) is 5.88 Å². The summed E-state index contributed by atoms with van der Waals surface area (Å²) in [6, 6.07) is 3.87. The minimum atomic E-state index is 0.491. The minimum Gasteiger partial charge on any atom is -0.368 e. The zero-order valence-corrected chi connectivity index (χ0v) is 11.9. The highest BCUT2D eigenvalue weighted by molar-refractivity contribution is 6.17. The molecule has 0 saturated carbocycles. The van der Waals surface area contributed by atoms with Crippen LogP contribution in [0.2, 0.25) is 0 Å². The average molecular weight is 290 g/mol. The molecule has 2 aromatic rings. The molecule has 6 heteroatoms. The molecule has 0 aromatic carbocycles. The fourth-order valence-corrected chi connectivity index (χ4v) is 2.64. The Morgan fingerprint density at radius 2 is 1.70 bits per heavy atom. The van der Waals surface area contributed by atoms with Crippen molar-refractivity contribution in [2.24, 2.45) is 0 Å². The number of pyridine rings is 1. The molecule has 1 aliphatic heterocycles. The van der Waals surface area contributed by atoms with Crippen molar-refractivity contribution in [3.8, 4) is 0 Å². The SMILES string of the molecule is ClCc1cnccc1N1CCN(c2ncccn2)CC1. The number of rotatable bonds is 3. The van der Waals surface area contributed by atoms with E-state index in [9.17, 15) is 0 Å². The van der Waals surface area contributed by atoms with E-state index in [1.165, 1.54) is 5.69 Å². The number of hydrogen-bond donors (Lipinski definition) is 0. The van der Waals surface area contributed by atoms with Gasteiger partial charge < -0.3 is 9.80 Å². The Morgan fingerprint density at radius 1 is 1.00 bits per heavy atom. The largest absolute Gasteiger partial charge is 0.368 e. The molecule has 0 aliphatic carbocycles. The van der Waals surface area contributed by atoms with Gasteiger partial charge in [-0.25, -0.2) is 9.97 Å². The van der Waals surface area contributed by atoms with Gasteiger partial charge in [-0.3, -0.25) is 4.98 Å². The van der Waals surface area contributed by atoms with Crippen molar-refractivity contribution in [3.63, 3.8) is 0 Å². The van der Waals surface area contributed by atoms with Crippen LogP contribution in [0, 0.1) is 0 Å². The number of aromatic nitrogens is 3. The third-order valence-corrected chi connectivity index (χ3v) is 3.77. The molecule has 0 N–H and O–H groups in total. The first-order chi connectivity index (χ1) is 9.88. The first-order valence-corrected chi connectivity index (χ1v) is 7.17. The molecule has 3 rings (SSSR count). The van der Waals surface area contributed by atoms with Crippen LogP contribution in [0.3, 0.4) is 0 Å². The van der Waals surface area contributed by atoms with Gasteiger partial charge in [-0.05, 0) is 12.1 Å². The van der Waals surface area contributed by atoms with E-state index in [1.807, 2.05) is 24.5 Å². The number of anilines is 2. The number of piperazine rings is 1. The fourth-order valence-electron chi connectivity index (χ4n) is 2.43. The van der Waals surface area contributed by atoms with Gasteiger partial charge in [0.1, 0.15) is 0 Å². The summed E-state index contributed by atoms with van der Waals surface area (Å²) in [5, 5.41) is 0. The van der Waals surface area contributed by atoms with Crippen molar-refractivity contribution in [2.45, 2.75) is 5.88 Å². The third kappa shape index (κ3) is 2.67. The molecule has 1 aliphatic rings. The van der Waals surface area contributed by atoms with E-state index in [-0.39, 0.29) is 0 Å². The Hall–Kier alpha value is -1.88. The number of hydrogen-bond acceptors (Lipinski definition) is 5. The van der Waals surface area contributed by atoms with Crippen LogP contribution in [0.15, 0.2) is 36.9 Å². The Morgan fingerprint density at radius 3 is 2.40 bits per heavy atom. The van der Waals surface area contributed by atoms with Crippen molar-refractivity contribution in [3.05, 3.63) is 42.5 Å². The summed E-state index contributed by atoms with van der Waals surface area (Å²) in [6.07, 6.45) is 7.22. The molecule has 104 valence electrons. The Balaban J connectivity index is 1.70. The lowest BCUT2D eigenvalue weighted by atomic mass is 10.2. The van der Waals surface area contributed by atoms with Crippen LogP contribution in [0.4, 0.5) is 11.6 Å². The molecule has 3 heterocycles. The molecule has 0 radical (unpaired) electrons. The quantitative estimate of drug-likeness (QED) is 0.808. The highest BCUT2D eigenvalue weighted by Gasteiger charge is 2.20. The molecule has 0 atom stereocenters. The Labute approximate surface area is 123 Å². The van der Waals surface area contributed by atoms with E-state index in [0.717, 1.165) is 37.7 Å². The van der Waals surface area contributed by atoms with Gasteiger partial charge in [0.25, 0.3) is 0 Å². The molecular formula is C14H16ClN5. The van der Waals surface area contributed by atoms with Gasteiger partial charge in [0.2, 0.25) is 5.95 Å². The molecule has 0 unspecified atom stereocenters. The van der Waals surface area contributed by atoms with E-state index < -0.39 is 0 Å². The molecule has 0 amide bonds. The summed E-state index contributed by atoms with van der Waals surface area (Å²) in [5.74, 6) is 1.30. The monoisotopic (exact) mass is 289 g/mol. The van der Waals surface area contributed by atoms with Crippen molar-refractivity contribution in [1.82, 2.24) is 15.0 Å². The molecular weight excluding hydrogens is 274 g/mol. The summed E-state index contributed by atoms with van der Waals surface area (Å²) in [7, 11) is 0. The maximum atomic E-state index is 5.98. The van der Waals surface area contributed by atoms with Crippen molar-refractivity contribution < 1.29 is 0 Å². The van der Waals surface area contributed by atoms with Gasteiger partial charge in [-0.1, -0.05) is 0 Å². The van der Waals surface area contributed by atoms with Crippen LogP contribution in [-0.4, -0.2) is 41.1 Å². The fraction of sp³-hybridized carbons (Fsp3) is 0.357. The van der Waals surface area contributed by atoms with Crippen LogP contribution in [0.1, 0.15) is 5.56 Å². The molecule has 1 fully saturated rings. The maximum Gasteiger partial charge on any atom is 0.225 e. The Bertz CT molecular complexity index is 555. The highest BCUT2D eigenvalue weighted by atomic mass is 35.5. The summed E-state index contributed by atoms with van der Waals surface area (Å²) in [6.45, 7) is 3.69. The lowest BCUT2D eigenvalue weighted by Crippen LogP contribution is -2.47. The van der Waals surface area contributed by atoms with Crippen molar-refractivity contribution in [1.29, 1.82) is 0 Å². The van der Waals surface area contributed by atoms with E-state index in [2.05, 4.69) is 24.8 Å². The van der Waals surface area contributed by atoms with Gasteiger partial charge >= 0.3 is 0 Å². The minimum absolute atomic E-state index is 0.491. The lowest BCUT2D eigenvalue weighted by Gasteiger charge is -2.36. The standard InChI is InChI=1S/C14H16ClN5/c15-10-12-11-16-5-2-13(12)19-6-8-20(9-7-19)14-17-3-1-4-18-14/h1-5,11H,6-10H2. The van der Waals surface area contributed by atoms with Gasteiger partial charge in [-0.15, -0.1) is 11.6 Å². The number of alkyl halides is 1. The molecule has 5 nitrogen and oxygen atoms in total. The smallest absolute Gasteiger partial charge is 0.225 e. The third-order valence-electron chi connectivity index (χ3n) is 3.48.